The summed E-state index contributed by atoms with van der Waals surface area (Å²) in [5.41, 5.74) is 3.40. The van der Waals surface area contributed by atoms with Crippen LogP contribution in [0.25, 0.3) is 16.7 Å². The molecule has 0 N–H and O–H groups in total. The largest absolute Gasteiger partial charge is 0.296 e. The van der Waals surface area contributed by atoms with Gasteiger partial charge in [0.25, 0.3) is 0 Å². The summed E-state index contributed by atoms with van der Waals surface area (Å²) >= 11 is 9.35. The number of imidazole rings is 1. The average molecular weight is 368 g/mol. The minimum absolute atomic E-state index is 0.204. The van der Waals surface area contributed by atoms with E-state index >= 15 is 0 Å². The van der Waals surface area contributed by atoms with Crippen LogP contribution in [0, 0.1) is 12.7 Å². The number of hydrogen-bond acceptors (Lipinski definition) is 1. The zero-order chi connectivity index (χ0) is 15.0. The van der Waals surface area contributed by atoms with Gasteiger partial charge in [-0.1, -0.05) is 15.9 Å². The van der Waals surface area contributed by atoms with E-state index < -0.39 is 0 Å². The standard InChI is InChI=1S/C16H13BrClFN2/c1-10-8-12(3-4-13(10)19)21-15-5-2-11(17)9-14(15)20-16(21)6-7-18/h2-5,8-9H,6-7H2,1H3. The first-order valence-corrected chi connectivity index (χ1v) is 7.92. The molecule has 3 rings (SSSR count). The van der Waals surface area contributed by atoms with Gasteiger partial charge in [-0.3, -0.25) is 4.57 Å². The topological polar surface area (TPSA) is 17.8 Å². The van der Waals surface area contributed by atoms with Crippen LogP contribution in [0.5, 0.6) is 0 Å². The fourth-order valence-electron chi connectivity index (χ4n) is 2.41. The Morgan fingerprint density at radius 3 is 2.76 bits per heavy atom. The van der Waals surface area contributed by atoms with Crippen molar-refractivity contribution in [2.45, 2.75) is 13.3 Å². The van der Waals surface area contributed by atoms with Crippen LogP contribution in [0.15, 0.2) is 40.9 Å². The zero-order valence-corrected chi connectivity index (χ0v) is 13.7. The number of aryl methyl sites for hydroxylation is 2. The molecule has 1 aromatic heterocycles. The van der Waals surface area contributed by atoms with Crippen LogP contribution in [0.2, 0.25) is 0 Å². The van der Waals surface area contributed by atoms with Gasteiger partial charge < -0.3 is 0 Å². The smallest absolute Gasteiger partial charge is 0.126 e. The molecule has 0 aliphatic heterocycles. The predicted molar refractivity (Wildman–Crippen MR) is 87.9 cm³/mol. The first-order valence-electron chi connectivity index (χ1n) is 6.59. The van der Waals surface area contributed by atoms with E-state index in [4.69, 9.17) is 11.6 Å². The second-order valence-corrected chi connectivity index (χ2v) is 6.16. The SMILES string of the molecule is Cc1cc(-n2c(CCCl)nc3cc(Br)ccc32)ccc1F. The molecule has 0 saturated heterocycles. The maximum absolute atomic E-state index is 13.5. The molecule has 2 nitrogen and oxygen atoms in total. The van der Waals surface area contributed by atoms with E-state index in [9.17, 15) is 4.39 Å². The van der Waals surface area contributed by atoms with Gasteiger partial charge in [-0.15, -0.1) is 11.6 Å². The number of fused-ring (bicyclic) bond motifs is 1. The molecule has 2 aromatic carbocycles. The van der Waals surface area contributed by atoms with Gasteiger partial charge in [-0.05, 0) is 48.9 Å². The molecule has 108 valence electrons. The van der Waals surface area contributed by atoms with Crippen molar-refractivity contribution in [2.24, 2.45) is 0 Å². The van der Waals surface area contributed by atoms with Crippen molar-refractivity contribution in [3.05, 3.63) is 58.1 Å². The van der Waals surface area contributed by atoms with Crippen LogP contribution in [0.3, 0.4) is 0 Å². The first-order chi connectivity index (χ1) is 10.1. The molecule has 21 heavy (non-hydrogen) atoms. The molecule has 0 unspecified atom stereocenters. The van der Waals surface area contributed by atoms with Crippen molar-refractivity contribution < 1.29 is 4.39 Å². The quantitative estimate of drug-likeness (QED) is 0.595. The Labute approximate surface area is 135 Å². The molecule has 0 saturated carbocycles. The van der Waals surface area contributed by atoms with Crippen LogP contribution >= 0.6 is 27.5 Å². The number of benzene rings is 2. The maximum Gasteiger partial charge on any atom is 0.126 e. The van der Waals surface area contributed by atoms with Crippen molar-refractivity contribution in [3.63, 3.8) is 0 Å². The highest BCUT2D eigenvalue weighted by Crippen LogP contribution is 2.26. The van der Waals surface area contributed by atoms with Gasteiger partial charge in [0.1, 0.15) is 11.6 Å². The number of rotatable bonds is 3. The second-order valence-electron chi connectivity index (χ2n) is 4.87. The first kappa shape index (κ1) is 14.5. The van der Waals surface area contributed by atoms with Gasteiger partial charge in [0.15, 0.2) is 0 Å². The highest BCUT2D eigenvalue weighted by atomic mass is 79.9. The lowest BCUT2D eigenvalue weighted by Crippen LogP contribution is -2.03. The Morgan fingerprint density at radius 2 is 2.05 bits per heavy atom. The summed E-state index contributed by atoms with van der Waals surface area (Å²) in [6.45, 7) is 1.76. The summed E-state index contributed by atoms with van der Waals surface area (Å²) in [7, 11) is 0. The fourth-order valence-corrected chi connectivity index (χ4v) is 2.93. The summed E-state index contributed by atoms with van der Waals surface area (Å²) in [6.07, 6.45) is 0.657. The Morgan fingerprint density at radius 1 is 1.24 bits per heavy atom. The molecular formula is C16H13BrClFN2. The average Bonchev–Trinajstić information content (AvgIpc) is 2.79. The molecule has 3 aromatic rings. The van der Waals surface area contributed by atoms with Crippen LogP contribution < -0.4 is 0 Å². The predicted octanol–water partition coefficient (Wildman–Crippen LogP) is 5.02. The summed E-state index contributed by atoms with van der Waals surface area (Å²) < 4.78 is 16.5. The molecule has 0 fully saturated rings. The van der Waals surface area contributed by atoms with Crippen LogP contribution in [0.4, 0.5) is 4.39 Å². The Hall–Kier alpha value is -1.39. The van der Waals surface area contributed by atoms with Gasteiger partial charge in [0.2, 0.25) is 0 Å². The van der Waals surface area contributed by atoms with E-state index in [-0.39, 0.29) is 5.82 Å². The summed E-state index contributed by atoms with van der Waals surface area (Å²) in [6, 6.07) is 11.0. The third kappa shape index (κ3) is 2.70. The van der Waals surface area contributed by atoms with Crippen LogP contribution in [0.1, 0.15) is 11.4 Å². The maximum atomic E-state index is 13.5. The van der Waals surface area contributed by atoms with Crippen molar-refractivity contribution in [1.82, 2.24) is 9.55 Å². The molecule has 0 radical (unpaired) electrons. The zero-order valence-electron chi connectivity index (χ0n) is 11.4. The molecular weight excluding hydrogens is 355 g/mol. The van der Waals surface area contributed by atoms with Gasteiger partial charge in [0.05, 0.1) is 11.0 Å². The number of hydrogen-bond donors (Lipinski definition) is 0. The van der Waals surface area contributed by atoms with Gasteiger partial charge in [-0.2, -0.15) is 0 Å². The molecule has 0 aliphatic carbocycles. The number of halogens is 3. The minimum atomic E-state index is -0.204. The Bertz CT molecular complexity index is 813. The van der Waals surface area contributed by atoms with E-state index in [0.717, 1.165) is 27.0 Å². The number of alkyl halides is 1. The third-order valence-electron chi connectivity index (χ3n) is 3.40. The lowest BCUT2D eigenvalue weighted by Gasteiger charge is -2.10. The number of aromatic nitrogens is 2. The highest BCUT2D eigenvalue weighted by Gasteiger charge is 2.13. The lowest BCUT2D eigenvalue weighted by atomic mass is 10.2. The fraction of sp³-hybridized carbons (Fsp3) is 0.188. The summed E-state index contributed by atoms with van der Waals surface area (Å²) in [5.74, 6) is 1.17. The van der Waals surface area contributed by atoms with Gasteiger partial charge in [0, 0.05) is 22.5 Å². The van der Waals surface area contributed by atoms with E-state index in [0.29, 0.717) is 17.9 Å². The van der Waals surface area contributed by atoms with Gasteiger partial charge in [-0.25, -0.2) is 9.37 Å². The van der Waals surface area contributed by atoms with E-state index in [1.54, 1.807) is 13.0 Å². The normalized spacial score (nSPS) is 11.2. The number of nitrogens with zero attached hydrogens (tertiary/aromatic N) is 2. The molecule has 0 atom stereocenters. The second kappa shape index (κ2) is 5.78. The van der Waals surface area contributed by atoms with Crippen molar-refractivity contribution in [3.8, 4) is 5.69 Å². The van der Waals surface area contributed by atoms with Crippen molar-refractivity contribution in [1.29, 1.82) is 0 Å². The lowest BCUT2D eigenvalue weighted by molar-refractivity contribution is 0.618. The molecule has 0 spiro atoms. The third-order valence-corrected chi connectivity index (χ3v) is 4.09. The van der Waals surface area contributed by atoms with Crippen molar-refractivity contribution >= 4 is 38.6 Å². The summed E-state index contributed by atoms with van der Waals surface area (Å²) in [4.78, 5) is 4.65. The Kier molecular flexibility index (Phi) is 4.00. The van der Waals surface area contributed by atoms with Crippen molar-refractivity contribution in [2.75, 3.05) is 5.88 Å². The molecule has 5 heteroatoms. The molecule has 0 aliphatic rings. The van der Waals surface area contributed by atoms with Crippen LogP contribution in [-0.2, 0) is 6.42 Å². The monoisotopic (exact) mass is 366 g/mol. The van der Waals surface area contributed by atoms with Gasteiger partial charge >= 0.3 is 0 Å². The van der Waals surface area contributed by atoms with E-state index in [2.05, 4.69) is 20.9 Å². The molecule has 0 bridgehead atoms. The summed E-state index contributed by atoms with van der Waals surface area (Å²) in [5, 5.41) is 0. The Balaban J connectivity index is 2.27. The minimum Gasteiger partial charge on any atom is -0.296 e. The molecule has 0 amide bonds. The van der Waals surface area contributed by atoms with Crippen LogP contribution in [-0.4, -0.2) is 15.4 Å². The highest BCUT2D eigenvalue weighted by molar-refractivity contribution is 9.10. The van der Waals surface area contributed by atoms with E-state index in [1.807, 2.05) is 28.8 Å². The molecule has 1 heterocycles. The van der Waals surface area contributed by atoms with E-state index in [1.165, 1.54) is 6.07 Å².